The lowest BCUT2D eigenvalue weighted by Crippen LogP contribution is -2.49. The molecule has 0 aliphatic carbocycles. The minimum absolute atomic E-state index is 0.264. The van der Waals surface area contributed by atoms with Gasteiger partial charge >= 0.3 is 6.09 Å². The number of fused-ring (bicyclic) bond motifs is 1. The predicted molar refractivity (Wildman–Crippen MR) is 124 cm³/mol. The Morgan fingerprint density at radius 3 is 2.31 bits per heavy atom. The van der Waals surface area contributed by atoms with E-state index in [1.54, 1.807) is 41.4 Å². The van der Waals surface area contributed by atoms with E-state index in [-0.39, 0.29) is 11.0 Å². The van der Waals surface area contributed by atoms with Crippen LogP contribution in [-0.2, 0) is 21.3 Å². The molecule has 1 aromatic heterocycles. The SMILES string of the molecule is CC(C)(C)OC(=O)N1CCN(Cc2ccc3c(ccn3S(=O)(=O)c3ccccc3)c2)CC1. The van der Waals surface area contributed by atoms with Crippen LogP contribution in [0.15, 0.2) is 65.7 Å². The van der Waals surface area contributed by atoms with Crippen molar-refractivity contribution in [3.63, 3.8) is 0 Å². The molecular weight excluding hydrogens is 426 g/mol. The fourth-order valence-corrected chi connectivity index (χ4v) is 5.23. The third kappa shape index (κ3) is 4.81. The summed E-state index contributed by atoms with van der Waals surface area (Å²) in [6.45, 7) is 9.14. The van der Waals surface area contributed by atoms with Crippen LogP contribution in [0.4, 0.5) is 4.79 Å². The van der Waals surface area contributed by atoms with Crippen molar-refractivity contribution >= 4 is 27.0 Å². The smallest absolute Gasteiger partial charge is 0.410 e. The van der Waals surface area contributed by atoms with Gasteiger partial charge in [-0.3, -0.25) is 4.90 Å². The average Bonchev–Trinajstić information content (AvgIpc) is 3.18. The topological polar surface area (TPSA) is 71.8 Å². The van der Waals surface area contributed by atoms with Crippen molar-refractivity contribution in [3.05, 3.63) is 66.4 Å². The lowest BCUT2D eigenvalue weighted by Gasteiger charge is -2.35. The van der Waals surface area contributed by atoms with Crippen molar-refractivity contribution in [1.29, 1.82) is 0 Å². The molecule has 170 valence electrons. The van der Waals surface area contributed by atoms with E-state index in [0.717, 1.165) is 30.6 Å². The van der Waals surface area contributed by atoms with E-state index in [1.165, 1.54) is 3.97 Å². The predicted octanol–water partition coefficient (Wildman–Crippen LogP) is 3.93. The van der Waals surface area contributed by atoms with Gasteiger partial charge in [0.2, 0.25) is 0 Å². The summed E-state index contributed by atoms with van der Waals surface area (Å²) in [5, 5.41) is 0.884. The van der Waals surface area contributed by atoms with Gasteiger partial charge in [-0.2, -0.15) is 0 Å². The van der Waals surface area contributed by atoms with Crippen LogP contribution in [0.25, 0.3) is 10.9 Å². The zero-order valence-corrected chi connectivity index (χ0v) is 19.5. The van der Waals surface area contributed by atoms with Crippen LogP contribution in [0.2, 0.25) is 0 Å². The highest BCUT2D eigenvalue weighted by molar-refractivity contribution is 7.90. The van der Waals surface area contributed by atoms with E-state index in [0.29, 0.717) is 18.6 Å². The fourth-order valence-electron chi connectivity index (χ4n) is 3.85. The molecule has 1 amide bonds. The Kier molecular flexibility index (Phi) is 6.01. The van der Waals surface area contributed by atoms with Gasteiger partial charge in [0.25, 0.3) is 10.0 Å². The van der Waals surface area contributed by atoms with E-state index in [9.17, 15) is 13.2 Å². The maximum absolute atomic E-state index is 13.0. The van der Waals surface area contributed by atoms with E-state index in [2.05, 4.69) is 4.90 Å². The van der Waals surface area contributed by atoms with Gasteiger partial charge in [-0.25, -0.2) is 17.2 Å². The number of piperazine rings is 1. The standard InChI is InChI=1S/C24H29N3O4S/c1-24(2,3)31-23(28)26-15-13-25(14-16-26)18-19-9-10-22-20(17-19)11-12-27(22)32(29,30)21-7-5-4-6-8-21/h4-12,17H,13-16,18H2,1-3H3. The molecule has 8 heteroatoms. The van der Waals surface area contributed by atoms with E-state index < -0.39 is 15.6 Å². The molecule has 0 saturated carbocycles. The molecule has 0 radical (unpaired) electrons. The van der Waals surface area contributed by atoms with Crippen LogP contribution in [0, 0.1) is 0 Å². The Balaban J connectivity index is 1.44. The second kappa shape index (κ2) is 8.60. The summed E-state index contributed by atoms with van der Waals surface area (Å²) >= 11 is 0. The molecule has 0 atom stereocenters. The molecule has 2 aromatic carbocycles. The quantitative estimate of drug-likeness (QED) is 0.596. The Bertz CT molecular complexity index is 1210. The number of hydrogen-bond acceptors (Lipinski definition) is 5. The van der Waals surface area contributed by atoms with Crippen molar-refractivity contribution < 1.29 is 17.9 Å². The molecule has 3 aromatic rings. The number of nitrogens with zero attached hydrogens (tertiary/aromatic N) is 3. The van der Waals surface area contributed by atoms with Crippen LogP contribution >= 0.6 is 0 Å². The van der Waals surface area contributed by atoms with Crippen LogP contribution < -0.4 is 0 Å². The second-order valence-electron chi connectivity index (χ2n) is 9.07. The maximum atomic E-state index is 13.0. The van der Waals surface area contributed by atoms with Crippen molar-refractivity contribution in [3.8, 4) is 0 Å². The van der Waals surface area contributed by atoms with E-state index in [4.69, 9.17) is 4.74 Å². The first kappa shape index (κ1) is 22.4. The van der Waals surface area contributed by atoms with Crippen molar-refractivity contribution in [1.82, 2.24) is 13.8 Å². The average molecular weight is 456 g/mol. The lowest BCUT2D eigenvalue weighted by molar-refractivity contribution is 0.0139. The normalized spacial score (nSPS) is 15.8. The number of carbonyl (C=O) groups is 1. The lowest BCUT2D eigenvalue weighted by atomic mass is 10.1. The molecule has 0 spiro atoms. The largest absolute Gasteiger partial charge is 0.444 e. The monoisotopic (exact) mass is 455 g/mol. The van der Waals surface area contributed by atoms with Crippen molar-refractivity contribution in [2.45, 2.75) is 37.8 Å². The number of amides is 1. The molecule has 1 fully saturated rings. The van der Waals surface area contributed by atoms with E-state index in [1.807, 2.05) is 45.0 Å². The third-order valence-corrected chi connectivity index (χ3v) is 7.15. The first-order chi connectivity index (χ1) is 15.1. The van der Waals surface area contributed by atoms with Gasteiger partial charge in [-0.1, -0.05) is 24.3 Å². The Labute approximate surface area is 189 Å². The molecular formula is C24H29N3O4S. The minimum atomic E-state index is -3.63. The van der Waals surface area contributed by atoms with Crippen LogP contribution in [0.1, 0.15) is 26.3 Å². The number of ether oxygens (including phenoxy) is 1. The zero-order chi connectivity index (χ0) is 22.9. The summed E-state index contributed by atoms with van der Waals surface area (Å²) in [6.07, 6.45) is 1.34. The number of rotatable bonds is 4. The summed E-state index contributed by atoms with van der Waals surface area (Å²) in [5.41, 5.74) is 1.28. The minimum Gasteiger partial charge on any atom is -0.444 e. The van der Waals surface area contributed by atoms with E-state index >= 15 is 0 Å². The van der Waals surface area contributed by atoms with Gasteiger partial charge in [0.1, 0.15) is 5.60 Å². The maximum Gasteiger partial charge on any atom is 0.410 e. The molecule has 32 heavy (non-hydrogen) atoms. The molecule has 1 aliphatic heterocycles. The number of aromatic nitrogens is 1. The fraction of sp³-hybridized carbons (Fsp3) is 0.375. The molecule has 4 rings (SSSR count). The molecule has 0 unspecified atom stereocenters. The van der Waals surface area contributed by atoms with Crippen LogP contribution in [0.3, 0.4) is 0 Å². The van der Waals surface area contributed by atoms with Gasteiger partial charge < -0.3 is 9.64 Å². The molecule has 1 aliphatic rings. The van der Waals surface area contributed by atoms with Gasteiger partial charge in [0, 0.05) is 44.3 Å². The second-order valence-corrected chi connectivity index (χ2v) is 10.9. The highest BCUT2D eigenvalue weighted by atomic mass is 32.2. The summed E-state index contributed by atoms with van der Waals surface area (Å²) in [4.78, 5) is 16.6. The zero-order valence-electron chi connectivity index (χ0n) is 18.7. The first-order valence-electron chi connectivity index (χ1n) is 10.7. The molecule has 2 heterocycles. The number of hydrogen-bond donors (Lipinski definition) is 0. The third-order valence-electron chi connectivity index (χ3n) is 5.45. The Hall–Kier alpha value is -2.84. The highest BCUT2D eigenvalue weighted by Crippen LogP contribution is 2.24. The first-order valence-corrected chi connectivity index (χ1v) is 12.2. The van der Waals surface area contributed by atoms with Crippen molar-refractivity contribution in [2.75, 3.05) is 26.2 Å². The summed E-state index contributed by atoms with van der Waals surface area (Å²) < 4.78 is 32.8. The Morgan fingerprint density at radius 2 is 1.66 bits per heavy atom. The van der Waals surface area contributed by atoms with Gasteiger partial charge in [-0.05, 0) is 56.7 Å². The highest BCUT2D eigenvalue weighted by Gasteiger charge is 2.26. The number of benzene rings is 2. The van der Waals surface area contributed by atoms with Crippen molar-refractivity contribution in [2.24, 2.45) is 0 Å². The molecule has 7 nitrogen and oxygen atoms in total. The van der Waals surface area contributed by atoms with Crippen LogP contribution in [-0.4, -0.2) is 60.1 Å². The summed E-state index contributed by atoms with van der Waals surface area (Å²) in [6, 6.07) is 16.2. The number of carbonyl (C=O) groups excluding carboxylic acids is 1. The van der Waals surface area contributed by atoms with Gasteiger partial charge in [0.05, 0.1) is 10.4 Å². The van der Waals surface area contributed by atoms with Gasteiger partial charge in [-0.15, -0.1) is 0 Å². The molecule has 1 saturated heterocycles. The molecule has 0 N–H and O–H groups in total. The Morgan fingerprint density at radius 1 is 0.969 bits per heavy atom. The summed E-state index contributed by atoms with van der Waals surface area (Å²) in [7, 11) is -3.63. The van der Waals surface area contributed by atoms with Crippen LogP contribution in [0.5, 0.6) is 0 Å². The molecule has 0 bridgehead atoms. The van der Waals surface area contributed by atoms with Gasteiger partial charge in [0.15, 0.2) is 0 Å². The summed E-state index contributed by atoms with van der Waals surface area (Å²) in [5.74, 6) is 0.